The molecule has 2 aromatic rings. The molecule has 0 atom stereocenters. The maximum Gasteiger partial charge on any atom is 0.215 e. The van der Waals surface area contributed by atoms with E-state index in [-0.39, 0.29) is 0 Å². The highest BCUT2D eigenvalue weighted by atomic mass is 32.2. The smallest absolute Gasteiger partial charge is 0.215 e. The van der Waals surface area contributed by atoms with Crippen molar-refractivity contribution >= 4 is 17.6 Å². The quantitative estimate of drug-likeness (QED) is 0.787. The van der Waals surface area contributed by atoms with Crippen molar-refractivity contribution in [3.63, 3.8) is 0 Å². The summed E-state index contributed by atoms with van der Waals surface area (Å²) in [6.45, 7) is 2.74. The number of nitrogens with one attached hydrogen (secondary N) is 1. The number of methoxy groups -OCH3 is 1. The van der Waals surface area contributed by atoms with E-state index in [1.165, 1.54) is 18.1 Å². The third kappa shape index (κ3) is 2.50. The lowest BCUT2D eigenvalue weighted by molar-refractivity contribution is 0.400. The second-order valence-electron chi connectivity index (χ2n) is 3.28. The highest BCUT2D eigenvalue weighted by molar-refractivity contribution is 7.99. The summed E-state index contributed by atoms with van der Waals surface area (Å²) < 4.78 is 6.90. The summed E-state index contributed by atoms with van der Waals surface area (Å²) in [5.41, 5.74) is 0. The van der Waals surface area contributed by atoms with Crippen LogP contribution in [0, 0.1) is 0 Å². The van der Waals surface area contributed by atoms with Gasteiger partial charge in [0.2, 0.25) is 5.16 Å². The second-order valence-corrected chi connectivity index (χ2v) is 4.23. The average Bonchev–Trinajstić information content (AvgIpc) is 2.76. The predicted octanol–water partition coefficient (Wildman–Crippen LogP) is 0.592. The number of tetrazole rings is 1. The highest BCUT2D eigenvalue weighted by Gasteiger charge is 2.15. The van der Waals surface area contributed by atoms with E-state index in [1.807, 2.05) is 6.92 Å². The Bertz CT molecular complexity index is 529. The lowest BCUT2D eigenvalue weighted by Gasteiger charge is -2.10. The molecule has 0 aliphatic heterocycles. The number of anilines is 1. The van der Waals surface area contributed by atoms with Crippen LogP contribution in [0.15, 0.2) is 16.5 Å². The van der Waals surface area contributed by atoms with Crippen LogP contribution in [0.25, 0.3) is 0 Å². The van der Waals surface area contributed by atoms with Crippen molar-refractivity contribution in [3.05, 3.63) is 6.33 Å². The van der Waals surface area contributed by atoms with Gasteiger partial charge in [-0.25, -0.2) is 14.6 Å². The summed E-state index contributed by atoms with van der Waals surface area (Å²) in [5, 5.41) is 15.6. The number of hydrogen-bond donors (Lipinski definition) is 1. The van der Waals surface area contributed by atoms with Crippen molar-refractivity contribution in [1.29, 1.82) is 0 Å². The summed E-state index contributed by atoms with van der Waals surface area (Å²) in [5.74, 6) is 1.25. The Morgan fingerprint density at radius 3 is 2.89 bits per heavy atom. The van der Waals surface area contributed by atoms with E-state index in [1.54, 1.807) is 18.8 Å². The molecule has 0 aliphatic rings. The van der Waals surface area contributed by atoms with E-state index in [0.29, 0.717) is 21.7 Å². The van der Waals surface area contributed by atoms with E-state index in [2.05, 4.69) is 30.8 Å². The molecule has 0 unspecified atom stereocenters. The fourth-order valence-corrected chi connectivity index (χ4v) is 2.09. The second kappa shape index (κ2) is 5.63. The highest BCUT2D eigenvalue weighted by Crippen LogP contribution is 2.35. The molecule has 0 bridgehead atoms. The van der Waals surface area contributed by atoms with Crippen molar-refractivity contribution < 1.29 is 4.74 Å². The van der Waals surface area contributed by atoms with Crippen LogP contribution in [-0.2, 0) is 7.05 Å². The molecule has 2 heterocycles. The molecule has 0 aromatic carbocycles. The van der Waals surface area contributed by atoms with Crippen LogP contribution < -0.4 is 10.1 Å². The normalized spacial score (nSPS) is 10.4. The van der Waals surface area contributed by atoms with E-state index in [0.717, 1.165) is 6.54 Å². The van der Waals surface area contributed by atoms with Gasteiger partial charge in [-0.05, 0) is 29.1 Å². The van der Waals surface area contributed by atoms with Gasteiger partial charge in [0.25, 0.3) is 0 Å². The van der Waals surface area contributed by atoms with E-state index in [9.17, 15) is 0 Å². The van der Waals surface area contributed by atoms with Crippen molar-refractivity contribution in [2.75, 3.05) is 19.0 Å². The topological polar surface area (TPSA) is 90.6 Å². The average molecular weight is 267 g/mol. The van der Waals surface area contributed by atoms with Crippen LogP contribution in [0.4, 0.5) is 5.82 Å². The summed E-state index contributed by atoms with van der Waals surface area (Å²) >= 11 is 1.32. The van der Waals surface area contributed by atoms with E-state index < -0.39 is 0 Å². The van der Waals surface area contributed by atoms with Crippen molar-refractivity contribution in [2.45, 2.75) is 17.1 Å². The molecule has 8 nitrogen and oxygen atoms in total. The first-order valence-corrected chi connectivity index (χ1v) is 6.11. The summed E-state index contributed by atoms with van der Waals surface area (Å²) in [6, 6.07) is 0. The van der Waals surface area contributed by atoms with Crippen molar-refractivity contribution in [3.8, 4) is 5.75 Å². The molecule has 2 aromatic heterocycles. The van der Waals surface area contributed by atoms with Crippen LogP contribution in [0.3, 0.4) is 0 Å². The number of aromatic nitrogens is 6. The van der Waals surface area contributed by atoms with Gasteiger partial charge in [-0.1, -0.05) is 0 Å². The van der Waals surface area contributed by atoms with Gasteiger partial charge in [0, 0.05) is 13.6 Å². The number of rotatable bonds is 5. The third-order valence-corrected chi connectivity index (χ3v) is 3.10. The zero-order chi connectivity index (χ0) is 13.0. The van der Waals surface area contributed by atoms with E-state index >= 15 is 0 Å². The molecule has 0 fully saturated rings. The molecule has 0 aliphatic carbocycles. The minimum absolute atomic E-state index is 0.590. The monoisotopic (exact) mass is 267 g/mol. The number of ether oxygens (including phenoxy) is 1. The first-order valence-electron chi connectivity index (χ1n) is 5.29. The Morgan fingerprint density at radius 1 is 1.44 bits per heavy atom. The standard InChI is InChI=1S/C9H13N7OS/c1-4-10-7-6(17-3)8(12-5-11-7)18-9-13-14-15-16(9)2/h5H,4H2,1-3H3,(H,10,11,12). The molecule has 0 radical (unpaired) electrons. The van der Waals surface area contributed by atoms with Crippen molar-refractivity contribution in [2.24, 2.45) is 7.05 Å². The minimum atomic E-state index is 0.590. The molecule has 0 saturated heterocycles. The Morgan fingerprint density at radius 2 is 2.28 bits per heavy atom. The van der Waals surface area contributed by atoms with Gasteiger partial charge in [0.1, 0.15) is 6.33 Å². The molecule has 0 spiro atoms. The zero-order valence-corrected chi connectivity index (χ0v) is 11.1. The maximum atomic E-state index is 5.33. The Kier molecular flexibility index (Phi) is 3.92. The molecule has 2 rings (SSSR count). The Hall–Kier alpha value is -1.90. The molecule has 1 N–H and O–H groups in total. The molecule has 9 heteroatoms. The van der Waals surface area contributed by atoms with Gasteiger partial charge < -0.3 is 10.1 Å². The minimum Gasteiger partial charge on any atom is -0.490 e. The molecule has 96 valence electrons. The van der Waals surface area contributed by atoms with Gasteiger partial charge >= 0.3 is 0 Å². The Balaban J connectivity index is 2.32. The van der Waals surface area contributed by atoms with Gasteiger partial charge in [-0.15, -0.1) is 5.10 Å². The predicted molar refractivity (Wildman–Crippen MR) is 65.7 cm³/mol. The van der Waals surface area contributed by atoms with Gasteiger partial charge in [0.05, 0.1) is 7.11 Å². The largest absolute Gasteiger partial charge is 0.490 e. The lowest BCUT2D eigenvalue weighted by Crippen LogP contribution is -2.04. The number of aryl methyl sites for hydroxylation is 1. The van der Waals surface area contributed by atoms with Crippen LogP contribution in [0.1, 0.15) is 6.92 Å². The third-order valence-electron chi connectivity index (χ3n) is 2.09. The molecule has 0 amide bonds. The molecule has 0 saturated carbocycles. The molecular formula is C9H13N7OS. The van der Waals surface area contributed by atoms with Gasteiger partial charge in [-0.2, -0.15) is 0 Å². The SMILES string of the molecule is CCNc1ncnc(Sc2nnnn2C)c1OC. The number of hydrogen-bond acceptors (Lipinski definition) is 8. The fraction of sp³-hybridized carbons (Fsp3) is 0.444. The van der Waals surface area contributed by atoms with Crippen LogP contribution >= 0.6 is 11.8 Å². The maximum absolute atomic E-state index is 5.33. The molecule has 18 heavy (non-hydrogen) atoms. The van der Waals surface area contributed by atoms with Crippen LogP contribution in [0.2, 0.25) is 0 Å². The first kappa shape index (κ1) is 12.6. The summed E-state index contributed by atoms with van der Waals surface area (Å²) in [7, 11) is 3.35. The van der Waals surface area contributed by atoms with E-state index in [4.69, 9.17) is 4.74 Å². The van der Waals surface area contributed by atoms with Gasteiger partial charge in [-0.3, -0.25) is 0 Å². The molecular weight excluding hydrogens is 254 g/mol. The van der Waals surface area contributed by atoms with Crippen LogP contribution in [-0.4, -0.2) is 43.8 Å². The Labute approximate surface area is 108 Å². The summed E-state index contributed by atoms with van der Waals surface area (Å²) in [6.07, 6.45) is 1.48. The zero-order valence-electron chi connectivity index (χ0n) is 10.3. The number of nitrogens with zero attached hydrogens (tertiary/aromatic N) is 6. The van der Waals surface area contributed by atoms with Crippen LogP contribution in [0.5, 0.6) is 5.75 Å². The first-order chi connectivity index (χ1) is 8.76. The lowest BCUT2D eigenvalue weighted by atomic mass is 10.5. The van der Waals surface area contributed by atoms with Crippen molar-refractivity contribution in [1.82, 2.24) is 30.2 Å². The summed E-state index contributed by atoms with van der Waals surface area (Å²) in [4.78, 5) is 8.32. The fourth-order valence-electron chi connectivity index (χ4n) is 1.30. The van der Waals surface area contributed by atoms with Gasteiger partial charge in [0.15, 0.2) is 16.6 Å².